The van der Waals surface area contributed by atoms with Gasteiger partial charge in [0.1, 0.15) is 5.69 Å². The number of aromatic carboxylic acids is 1. The third-order valence-electron chi connectivity index (χ3n) is 2.79. The highest BCUT2D eigenvalue weighted by molar-refractivity contribution is 7.22. The Morgan fingerprint density at radius 3 is 2.89 bits per heavy atom. The van der Waals surface area contributed by atoms with Crippen molar-refractivity contribution in [2.24, 2.45) is 7.05 Å². The van der Waals surface area contributed by atoms with Gasteiger partial charge < -0.3 is 9.67 Å². The molecule has 3 aromatic rings. The SMILES string of the molecule is Cn1c(C(=O)O)cnc1-c1cc2nccc(Cl)c2s1. The lowest BCUT2D eigenvalue weighted by Crippen LogP contribution is -2.04. The van der Waals surface area contributed by atoms with Gasteiger partial charge >= 0.3 is 5.97 Å². The summed E-state index contributed by atoms with van der Waals surface area (Å²) in [5.74, 6) is -0.407. The number of carbonyl (C=O) groups is 1. The molecular formula is C12H8ClN3O2S. The summed E-state index contributed by atoms with van der Waals surface area (Å²) in [4.78, 5) is 20.2. The maximum Gasteiger partial charge on any atom is 0.354 e. The van der Waals surface area contributed by atoms with Crippen LogP contribution in [0.2, 0.25) is 5.02 Å². The summed E-state index contributed by atoms with van der Waals surface area (Å²) in [6.45, 7) is 0. The summed E-state index contributed by atoms with van der Waals surface area (Å²) in [5, 5.41) is 9.65. The first-order chi connectivity index (χ1) is 9.08. The summed E-state index contributed by atoms with van der Waals surface area (Å²) in [6.07, 6.45) is 2.99. The van der Waals surface area contributed by atoms with Gasteiger partial charge in [0.2, 0.25) is 0 Å². The molecule has 3 rings (SSSR count). The van der Waals surface area contributed by atoms with E-state index in [2.05, 4.69) is 9.97 Å². The fourth-order valence-electron chi connectivity index (χ4n) is 1.85. The molecule has 1 N–H and O–H groups in total. The molecule has 5 nitrogen and oxygen atoms in total. The number of carboxylic acids is 1. The van der Waals surface area contributed by atoms with Crippen LogP contribution in [0.3, 0.4) is 0 Å². The second kappa shape index (κ2) is 4.32. The fourth-order valence-corrected chi connectivity index (χ4v) is 3.18. The van der Waals surface area contributed by atoms with Gasteiger partial charge in [-0.2, -0.15) is 0 Å². The number of hydrogen-bond acceptors (Lipinski definition) is 4. The lowest BCUT2D eigenvalue weighted by Gasteiger charge is -1.99. The molecule has 19 heavy (non-hydrogen) atoms. The Labute approximate surface area is 117 Å². The summed E-state index contributed by atoms with van der Waals surface area (Å²) < 4.78 is 2.42. The summed E-state index contributed by atoms with van der Waals surface area (Å²) >= 11 is 7.55. The van der Waals surface area contributed by atoms with E-state index in [1.54, 1.807) is 23.9 Å². The van der Waals surface area contributed by atoms with Gasteiger partial charge in [0.15, 0.2) is 5.82 Å². The van der Waals surface area contributed by atoms with Crippen LogP contribution in [0.25, 0.3) is 20.9 Å². The third kappa shape index (κ3) is 1.89. The molecule has 0 unspecified atom stereocenters. The molecule has 0 fully saturated rings. The number of hydrogen-bond donors (Lipinski definition) is 1. The summed E-state index contributed by atoms with van der Waals surface area (Å²) in [7, 11) is 1.67. The normalized spacial score (nSPS) is 11.1. The number of fused-ring (bicyclic) bond motifs is 1. The van der Waals surface area contributed by atoms with Crippen LogP contribution < -0.4 is 0 Å². The van der Waals surface area contributed by atoms with Crippen LogP contribution in [0.4, 0.5) is 0 Å². The Morgan fingerprint density at radius 2 is 2.26 bits per heavy atom. The van der Waals surface area contributed by atoms with Crippen LogP contribution in [0.15, 0.2) is 24.5 Å². The summed E-state index contributed by atoms with van der Waals surface area (Å²) in [5.41, 5.74) is 0.930. The number of halogens is 1. The average molecular weight is 294 g/mol. The molecular weight excluding hydrogens is 286 g/mol. The quantitative estimate of drug-likeness (QED) is 0.788. The van der Waals surface area contributed by atoms with Crippen molar-refractivity contribution in [1.29, 1.82) is 0 Å². The number of rotatable bonds is 2. The van der Waals surface area contributed by atoms with Gasteiger partial charge in [-0.1, -0.05) is 11.6 Å². The van der Waals surface area contributed by atoms with E-state index in [0.29, 0.717) is 10.8 Å². The lowest BCUT2D eigenvalue weighted by molar-refractivity contribution is 0.0686. The van der Waals surface area contributed by atoms with Crippen molar-refractivity contribution in [2.45, 2.75) is 0 Å². The van der Waals surface area contributed by atoms with Gasteiger partial charge in [0, 0.05) is 13.2 Å². The van der Waals surface area contributed by atoms with E-state index >= 15 is 0 Å². The van der Waals surface area contributed by atoms with Crippen molar-refractivity contribution < 1.29 is 9.90 Å². The van der Waals surface area contributed by atoms with Gasteiger partial charge in [-0.25, -0.2) is 9.78 Å². The highest BCUT2D eigenvalue weighted by atomic mass is 35.5. The first-order valence-electron chi connectivity index (χ1n) is 5.37. The Hall–Kier alpha value is -1.92. The molecule has 0 aliphatic rings. The molecule has 7 heteroatoms. The van der Waals surface area contributed by atoms with E-state index in [1.165, 1.54) is 17.5 Å². The largest absolute Gasteiger partial charge is 0.477 e. The molecule has 3 heterocycles. The van der Waals surface area contributed by atoms with E-state index in [1.807, 2.05) is 6.07 Å². The zero-order valence-corrected chi connectivity index (χ0v) is 11.4. The fraction of sp³-hybridized carbons (Fsp3) is 0.0833. The molecule has 96 valence electrons. The Morgan fingerprint density at radius 1 is 1.47 bits per heavy atom. The third-order valence-corrected chi connectivity index (χ3v) is 4.37. The Balaban J connectivity index is 2.20. The van der Waals surface area contributed by atoms with Crippen molar-refractivity contribution >= 4 is 39.1 Å². The predicted octanol–water partition coefficient (Wildman–Crippen LogP) is 3.05. The number of imidazole rings is 1. The zero-order valence-electron chi connectivity index (χ0n) is 9.79. The van der Waals surface area contributed by atoms with Crippen LogP contribution >= 0.6 is 22.9 Å². The van der Waals surface area contributed by atoms with Crippen molar-refractivity contribution in [1.82, 2.24) is 14.5 Å². The maximum absolute atomic E-state index is 11.0. The molecule has 0 saturated carbocycles. The number of pyridine rings is 1. The van der Waals surface area contributed by atoms with E-state index in [9.17, 15) is 4.79 Å². The van der Waals surface area contributed by atoms with Crippen molar-refractivity contribution in [3.63, 3.8) is 0 Å². The van der Waals surface area contributed by atoms with E-state index in [0.717, 1.165) is 15.1 Å². The molecule has 0 amide bonds. The second-order valence-corrected chi connectivity index (χ2v) is 5.41. The van der Waals surface area contributed by atoms with Crippen LogP contribution in [0, 0.1) is 0 Å². The number of nitrogens with zero attached hydrogens (tertiary/aromatic N) is 3. The Bertz CT molecular complexity index is 793. The van der Waals surface area contributed by atoms with Crippen molar-refractivity contribution in [2.75, 3.05) is 0 Å². The zero-order chi connectivity index (χ0) is 13.6. The molecule has 0 aromatic carbocycles. The van der Waals surface area contributed by atoms with Crippen LogP contribution in [-0.2, 0) is 7.05 Å². The first kappa shape index (κ1) is 12.1. The minimum Gasteiger partial charge on any atom is -0.477 e. The van der Waals surface area contributed by atoms with E-state index < -0.39 is 5.97 Å². The predicted molar refractivity (Wildman–Crippen MR) is 73.8 cm³/mol. The lowest BCUT2D eigenvalue weighted by atomic mass is 10.3. The van der Waals surface area contributed by atoms with E-state index in [-0.39, 0.29) is 5.69 Å². The van der Waals surface area contributed by atoms with E-state index in [4.69, 9.17) is 16.7 Å². The Kier molecular flexibility index (Phi) is 2.76. The van der Waals surface area contributed by atoms with Crippen LogP contribution in [0.1, 0.15) is 10.5 Å². The van der Waals surface area contributed by atoms with Gasteiger partial charge in [0.25, 0.3) is 0 Å². The molecule has 0 radical (unpaired) electrons. The minimum absolute atomic E-state index is 0.145. The molecule has 0 bridgehead atoms. The highest BCUT2D eigenvalue weighted by Gasteiger charge is 2.16. The minimum atomic E-state index is -1.00. The second-order valence-electron chi connectivity index (χ2n) is 3.95. The smallest absolute Gasteiger partial charge is 0.354 e. The number of thiophene rings is 1. The number of aromatic nitrogens is 3. The molecule has 0 spiro atoms. The van der Waals surface area contributed by atoms with Gasteiger partial charge in [0.05, 0.1) is 26.3 Å². The topological polar surface area (TPSA) is 68.0 Å². The molecule has 3 aromatic heterocycles. The van der Waals surface area contributed by atoms with Crippen LogP contribution in [-0.4, -0.2) is 25.6 Å². The van der Waals surface area contributed by atoms with Crippen molar-refractivity contribution in [3.8, 4) is 10.7 Å². The average Bonchev–Trinajstić information content (AvgIpc) is 2.93. The van der Waals surface area contributed by atoms with Crippen LogP contribution in [0.5, 0.6) is 0 Å². The van der Waals surface area contributed by atoms with Gasteiger partial charge in [-0.05, 0) is 12.1 Å². The number of carboxylic acid groups (broad SMARTS) is 1. The van der Waals surface area contributed by atoms with Crippen molar-refractivity contribution in [3.05, 3.63) is 35.2 Å². The van der Waals surface area contributed by atoms with Gasteiger partial charge in [-0.15, -0.1) is 11.3 Å². The highest BCUT2D eigenvalue weighted by Crippen LogP contribution is 2.35. The molecule has 0 aliphatic heterocycles. The monoisotopic (exact) mass is 293 g/mol. The molecule has 0 aliphatic carbocycles. The first-order valence-corrected chi connectivity index (χ1v) is 6.57. The molecule has 0 saturated heterocycles. The maximum atomic E-state index is 11.0. The summed E-state index contributed by atoms with van der Waals surface area (Å²) in [6, 6.07) is 3.59. The molecule has 0 atom stereocenters. The van der Waals surface area contributed by atoms with Gasteiger partial charge in [-0.3, -0.25) is 4.98 Å². The standard InChI is InChI=1S/C12H8ClN3O2S/c1-16-8(12(17)18)5-15-11(16)9-4-7-10(19-9)6(13)2-3-14-7/h2-5H,1H3,(H,17,18).